The van der Waals surface area contributed by atoms with Gasteiger partial charge in [0.2, 0.25) is 0 Å². The van der Waals surface area contributed by atoms with Gasteiger partial charge in [0.15, 0.2) is 0 Å². The van der Waals surface area contributed by atoms with E-state index in [0.29, 0.717) is 18.8 Å². The van der Waals surface area contributed by atoms with Gasteiger partial charge >= 0.3 is 5.97 Å². The zero-order chi connectivity index (χ0) is 16.1. The minimum atomic E-state index is -0.107. The third-order valence-electron chi connectivity index (χ3n) is 4.84. The Hall–Kier alpha value is -0.650. The molecule has 0 aromatic carbocycles. The number of carbonyl (C=O) groups excluding carboxylic acids is 1. The number of esters is 1. The lowest BCUT2D eigenvalue weighted by molar-refractivity contribution is -0.149. The zero-order valence-electron chi connectivity index (χ0n) is 14.6. The lowest BCUT2D eigenvalue weighted by atomic mass is 9.94. The van der Waals surface area contributed by atoms with E-state index >= 15 is 0 Å². The van der Waals surface area contributed by atoms with Gasteiger partial charge in [0.05, 0.1) is 18.8 Å². The second-order valence-electron chi connectivity index (χ2n) is 6.88. The first-order valence-electron chi connectivity index (χ1n) is 8.78. The van der Waals surface area contributed by atoms with Gasteiger partial charge < -0.3 is 9.47 Å². The molecule has 0 saturated carbocycles. The third kappa shape index (κ3) is 4.93. The maximum atomic E-state index is 11.8. The molecule has 5 heteroatoms. The van der Waals surface area contributed by atoms with Gasteiger partial charge in [-0.1, -0.05) is 0 Å². The van der Waals surface area contributed by atoms with Crippen molar-refractivity contribution in [1.82, 2.24) is 9.80 Å². The first kappa shape index (κ1) is 17.7. The van der Waals surface area contributed by atoms with Crippen LogP contribution in [0.1, 0.15) is 40.5 Å². The molecule has 2 aliphatic rings. The molecule has 128 valence electrons. The van der Waals surface area contributed by atoms with Crippen LogP contribution in [0.15, 0.2) is 0 Å². The highest BCUT2D eigenvalue weighted by atomic mass is 16.5. The summed E-state index contributed by atoms with van der Waals surface area (Å²) in [5.41, 5.74) is 0. The summed E-state index contributed by atoms with van der Waals surface area (Å²) in [5, 5.41) is 0. The van der Waals surface area contributed by atoms with Gasteiger partial charge in [0.1, 0.15) is 6.04 Å². The highest BCUT2D eigenvalue weighted by molar-refractivity contribution is 5.75. The Morgan fingerprint density at radius 2 is 1.82 bits per heavy atom. The fraction of sp³-hybridized carbons (Fsp3) is 0.941. The highest BCUT2D eigenvalue weighted by Gasteiger charge is 2.30. The Bertz CT molecular complexity index is 346. The third-order valence-corrected chi connectivity index (χ3v) is 4.84. The molecule has 2 fully saturated rings. The first-order chi connectivity index (χ1) is 10.5. The molecule has 0 aliphatic carbocycles. The summed E-state index contributed by atoms with van der Waals surface area (Å²) >= 11 is 0. The van der Waals surface area contributed by atoms with Gasteiger partial charge in [-0.05, 0) is 59.5 Å². The number of rotatable bonds is 5. The summed E-state index contributed by atoms with van der Waals surface area (Å²) in [6.07, 6.45) is 3.02. The van der Waals surface area contributed by atoms with Crippen LogP contribution in [0.2, 0.25) is 0 Å². The Morgan fingerprint density at radius 1 is 1.23 bits per heavy atom. The van der Waals surface area contributed by atoms with E-state index in [9.17, 15) is 4.79 Å². The molecule has 0 bridgehead atoms. The van der Waals surface area contributed by atoms with Crippen LogP contribution in [0.4, 0.5) is 0 Å². The smallest absolute Gasteiger partial charge is 0.323 e. The Morgan fingerprint density at radius 3 is 2.36 bits per heavy atom. The zero-order valence-corrected chi connectivity index (χ0v) is 14.6. The minimum Gasteiger partial charge on any atom is -0.465 e. The van der Waals surface area contributed by atoms with Crippen molar-refractivity contribution in [1.29, 1.82) is 0 Å². The molecule has 2 heterocycles. The predicted octanol–water partition coefficient (Wildman–Crippen LogP) is 1.76. The van der Waals surface area contributed by atoms with Crippen molar-refractivity contribution in [3.8, 4) is 0 Å². The second-order valence-corrected chi connectivity index (χ2v) is 6.88. The molecule has 2 aliphatic heterocycles. The average Bonchev–Trinajstić information content (AvgIpc) is 2.46. The van der Waals surface area contributed by atoms with Crippen LogP contribution in [0.25, 0.3) is 0 Å². The summed E-state index contributed by atoms with van der Waals surface area (Å²) in [6, 6.07) is -0.107. The summed E-state index contributed by atoms with van der Waals surface area (Å²) < 4.78 is 10.9. The van der Waals surface area contributed by atoms with Gasteiger partial charge in [-0.15, -0.1) is 0 Å². The van der Waals surface area contributed by atoms with Crippen LogP contribution in [-0.2, 0) is 14.3 Å². The number of hydrogen-bond donors (Lipinski definition) is 0. The van der Waals surface area contributed by atoms with Gasteiger partial charge in [-0.3, -0.25) is 14.6 Å². The molecule has 5 nitrogen and oxygen atoms in total. The molecular formula is C17H32N2O3. The molecule has 22 heavy (non-hydrogen) atoms. The second kappa shape index (κ2) is 8.27. The first-order valence-corrected chi connectivity index (χ1v) is 8.78. The van der Waals surface area contributed by atoms with Gasteiger partial charge in [0, 0.05) is 19.6 Å². The SMILES string of the molecule is CCOC(=O)[C@H](C)N1CCC(CN2C[C@@H](C)O[C@H](C)C2)CC1. The van der Waals surface area contributed by atoms with Crippen molar-refractivity contribution < 1.29 is 14.3 Å². The summed E-state index contributed by atoms with van der Waals surface area (Å²) in [7, 11) is 0. The normalized spacial score (nSPS) is 30.2. The standard InChI is InChI=1S/C17H32N2O3/c1-5-21-17(20)15(4)19-8-6-16(7-9-19)12-18-10-13(2)22-14(3)11-18/h13-16H,5-12H2,1-4H3/t13-,14-,15+/m1/s1. The van der Waals surface area contributed by atoms with Crippen molar-refractivity contribution in [2.24, 2.45) is 5.92 Å². The maximum Gasteiger partial charge on any atom is 0.323 e. The van der Waals surface area contributed by atoms with Crippen LogP contribution in [0, 0.1) is 5.92 Å². The van der Waals surface area contributed by atoms with E-state index in [-0.39, 0.29) is 12.0 Å². The Labute approximate surface area is 134 Å². The molecule has 0 spiro atoms. The number of likely N-dealkylation sites (tertiary alicyclic amines) is 1. The quantitative estimate of drug-likeness (QED) is 0.724. The number of carbonyl (C=O) groups is 1. The number of morpholine rings is 1. The van der Waals surface area contributed by atoms with Crippen molar-refractivity contribution in [2.45, 2.75) is 58.8 Å². The van der Waals surface area contributed by atoms with Gasteiger partial charge in [0.25, 0.3) is 0 Å². The summed E-state index contributed by atoms with van der Waals surface area (Å²) in [6.45, 7) is 13.9. The average molecular weight is 312 g/mol. The fourth-order valence-electron chi connectivity index (χ4n) is 3.73. The molecule has 2 saturated heterocycles. The molecule has 0 radical (unpaired) electrons. The molecule has 3 atom stereocenters. The Balaban J connectivity index is 1.74. The molecular weight excluding hydrogens is 280 g/mol. The molecule has 0 aromatic heterocycles. The lowest BCUT2D eigenvalue weighted by Gasteiger charge is -2.40. The predicted molar refractivity (Wildman–Crippen MR) is 86.8 cm³/mol. The molecule has 2 rings (SSSR count). The van der Waals surface area contributed by atoms with Crippen molar-refractivity contribution >= 4 is 5.97 Å². The molecule has 0 amide bonds. The monoisotopic (exact) mass is 312 g/mol. The Kier molecular flexibility index (Phi) is 6.66. The van der Waals surface area contributed by atoms with E-state index in [1.807, 2.05) is 13.8 Å². The van der Waals surface area contributed by atoms with Crippen LogP contribution < -0.4 is 0 Å². The molecule has 0 unspecified atom stereocenters. The number of ether oxygens (including phenoxy) is 2. The minimum absolute atomic E-state index is 0.0863. The lowest BCUT2D eigenvalue weighted by Crippen LogP contribution is -2.49. The van der Waals surface area contributed by atoms with E-state index < -0.39 is 0 Å². The van der Waals surface area contributed by atoms with E-state index in [4.69, 9.17) is 9.47 Å². The maximum absolute atomic E-state index is 11.8. The van der Waals surface area contributed by atoms with E-state index in [2.05, 4.69) is 23.6 Å². The highest BCUT2D eigenvalue weighted by Crippen LogP contribution is 2.22. The van der Waals surface area contributed by atoms with Gasteiger partial charge in [-0.25, -0.2) is 0 Å². The summed E-state index contributed by atoms with van der Waals surface area (Å²) in [4.78, 5) is 16.6. The van der Waals surface area contributed by atoms with E-state index in [0.717, 1.165) is 32.1 Å². The summed E-state index contributed by atoms with van der Waals surface area (Å²) in [5.74, 6) is 0.653. The van der Waals surface area contributed by atoms with Crippen LogP contribution in [-0.4, -0.2) is 73.3 Å². The van der Waals surface area contributed by atoms with Crippen LogP contribution in [0.5, 0.6) is 0 Å². The topological polar surface area (TPSA) is 42.0 Å². The van der Waals surface area contributed by atoms with Crippen molar-refractivity contribution in [2.75, 3.05) is 39.3 Å². The van der Waals surface area contributed by atoms with Crippen molar-refractivity contribution in [3.63, 3.8) is 0 Å². The molecule has 0 N–H and O–H groups in total. The van der Waals surface area contributed by atoms with E-state index in [1.54, 1.807) is 0 Å². The van der Waals surface area contributed by atoms with Crippen LogP contribution in [0.3, 0.4) is 0 Å². The fourth-order valence-corrected chi connectivity index (χ4v) is 3.73. The molecule has 0 aromatic rings. The number of piperidine rings is 1. The van der Waals surface area contributed by atoms with Gasteiger partial charge in [-0.2, -0.15) is 0 Å². The van der Waals surface area contributed by atoms with Crippen molar-refractivity contribution in [3.05, 3.63) is 0 Å². The largest absolute Gasteiger partial charge is 0.465 e. The van der Waals surface area contributed by atoms with Crippen LogP contribution >= 0.6 is 0 Å². The van der Waals surface area contributed by atoms with E-state index in [1.165, 1.54) is 19.4 Å². The number of hydrogen-bond acceptors (Lipinski definition) is 5. The number of nitrogens with zero attached hydrogens (tertiary/aromatic N) is 2.